The first-order valence-electron chi connectivity index (χ1n) is 34.8. The molecule has 7 aliphatic heterocycles. The maximum Gasteiger partial charge on any atom is 0.330 e. The Balaban J connectivity index is 0.738. The molecule has 0 radical (unpaired) electrons. The molecule has 14 rings (SSSR count). The van der Waals surface area contributed by atoms with Crippen LogP contribution in [0.3, 0.4) is 0 Å². The topological polar surface area (TPSA) is 219 Å². The minimum atomic E-state index is -4.17. The molecule has 516 valence electrons. The normalized spacial score (nSPS) is 19.5. The number of sulfonamides is 1. The number of benzene rings is 6. The van der Waals surface area contributed by atoms with Gasteiger partial charge >= 0.3 is 5.69 Å². The predicted molar refractivity (Wildman–Crippen MR) is 378 cm³/mol. The van der Waals surface area contributed by atoms with Crippen LogP contribution < -0.4 is 40.6 Å². The number of aryl methyl sites for hydroxylation is 2. The van der Waals surface area contributed by atoms with Gasteiger partial charge in [-0.05, 0) is 149 Å². The Bertz CT molecular complexity index is 4410. The van der Waals surface area contributed by atoms with E-state index in [1.54, 1.807) is 30.7 Å². The summed E-state index contributed by atoms with van der Waals surface area (Å²) in [5.74, 6) is 8.43. The van der Waals surface area contributed by atoms with Crippen molar-refractivity contribution in [3.63, 3.8) is 0 Å². The predicted octanol–water partition coefficient (Wildman–Crippen LogP) is 11.3. The van der Waals surface area contributed by atoms with E-state index in [2.05, 4.69) is 82.5 Å². The van der Waals surface area contributed by atoms with Gasteiger partial charge in [0.25, 0.3) is 14.1 Å². The number of nitrogens with zero attached hydrogens (tertiary/aromatic N) is 6. The molecule has 99 heavy (non-hydrogen) atoms. The van der Waals surface area contributed by atoms with Crippen LogP contribution in [0.25, 0.3) is 0 Å². The number of aromatic nitrogens is 2. The number of ether oxygens (including phenoxy) is 5. The number of carbonyl (C=O) groups is 1. The number of aromatic amines is 1. The van der Waals surface area contributed by atoms with Gasteiger partial charge in [-0.15, -0.1) is 0 Å². The molecule has 1 amide bonds. The van der Waals surface area contributed by atoms with E-state index in [-0.39, 0.29) is 80.4 Å². The number of nitriles is 1. The van der Waals surface area contributed by atoms with E-state index in [1.165, 1.54) is 33.3 Å². The maximum atomic E-state index is 15.5. The third kappa shape index (κ3) is 12.3. The molecule has 8 heterocycles. The van der Waals surface area contributed by atoms with Crippen LogP contribution in [-0.4, -0.2) is 124 Å². The first-order valence-corrected chi connectivity index (χ1v) is 37.3. The second-order valence-corrected chi connectivity index (χ2v) is 30.2. The molecule has 1 spiro atoms. The Hall–Kier alpha value is -8.34. The summed E-state index contributed by atoms with van der Waals surface area (Å²) in [6.45, 7) is 12.1. The van der Waals surface area contributed by atoms with Crippen molar-refractivity contribution in [1.82, 2.24) is 23.8 Å². The Kier molecular flexibility index (Phi) is 19.4. The summed E-state index contributed by atoms with van der Waals surface area (Å²) >= 11 is 0. The zero-order valence-corrected chi connectivity index (χ0v) is 58.7. The molecule has 7 aromatic rings. The number of fused-ring (bicyclic) bond motifs is 8. The fourth-order valence-corrected chi connectivity index (χ4v) is 20.0. The Labute approximate surface area is 580 Å². The van der Waals surface area contributed by atoms with Crippen molar-refractivity contribution >= 4 is 35.8 Å². The third-order valence-electron chi connectivity index (χ3n) is 20.5. The molecule has 4 atom stereocenters. The molecule has 0 bridgehead atoms. The number of amides is 1. The highest BCUT2D eigenvalue weighted by molar-refractivity contribution is 7.89. The molecule has 1 aromatic heterocycles. The van der Waals surface area contributed by atoms with Crippen LogP contribution in [-0.2, 0) is 70.2 Å². The van der Waals surface area contributed by atoms with Crippen molar-refractivity contribution in [1.29, 1.82) is 5.26 Å². The SMILES string of the molecule is COc1ccc(C(OCC2O[C@@H](n3cc(C#CCCC(=O)NCCN4C5(c6ccccc6S4(=O)=O)c4cc6c7c(c4Oc4c5cc5c8c4CCCN8CCC5)CCCN7CCC6)c(=O)[nH]c3=O)C[C@H]2OP(OCCC#N)N(C(C)C)C(C)C)(c2ccccc2)c2ccc(OC)cc2)cc1. The highest BCUT2D eigenvalue weighted by Gasteiger charge is 2.61. The fraction of sp³-hybridized carbons (Fsp3) is 0.429. The van der Waals surface area contributed by atoms with Crippen molar-refractivity contribution < 1.29 is 45.9 Å². The Morgan fingerprint density at radius 2 is 1.34 bits per heavy atom. The van der Waals surface area contributed by atoms with Crippen LogP contribution in [0, 0.1) is 23.2 Å². The summed E-state index contributed by atoms with van der Waals surface area (Å²) in [7, 11) is -2.77. The molecule has 22 heteroatoms. The van der Waals surface area contributed by atoms with Crippen molar-refractivity contribution in [2.24, 2.45) is 0 Å². The number of rotatable bonds is 22. The Morgan fingerprint density at radius 1 is 0.768 bits per heavy atom. The summed E-state index contributed by atoms with van der Waals surface area (Å²) in [5, 5.41) is 12.7. The van der Waals surface area contributed by atoms with Crippen LogP contribution in [0.5, 0.6) is 23.0 Å². The maximum absolute atomic E-state index is 15.5. The zero-order chi connectivity index (χ0) is 68.7. The number of H-pyrrole nitrogens is 1. The average molecular weight is 1380 g/mol. The molecule has 2 N–H and O–H groups in total. The number of hydrogen-bond acceptors (Lipinski definition) is 16. The van der Waals surface area contributed by atoms with Crippen molar-refractivity contribution in [2.45, 2.75) is 151 Å². The molecule has 20 nitrogen and oxygen atoms in total. The van der Waals surface area contributed by atoms with E-state index in [0.717, 1.165) is 128 Å². The molecule has 0 aliphatic carbocycles. The highest BCUT2D eigenvalue weighted by atomic mass is 32.2. The zero-order valence-electron chi connectivity index (χ0n) is 57.0. The smallest absolute Gasteiger partial charge is 0.330 e. The number of nitrogens with one attached hydrogen (secondary N) is 2. The number of carbonyl (C=O) groups excluding carboxylic acids is 1. The minimum absolute atomic E-state index is 0.00371. The van der Waals surface area contributed by atoms with Gasteiger partial charge in [-0.3, -0.25) is 19.1 Å². The molecule has 2 unspecified atom stereocenters. The molecular weight excluding hydrogens is 1290 g/mol. The fourth-order valence-electron chi connectivity index (χ4n) is 16.3. The van der Waals surface area contributed by atoms with E-state index < -0.39 is 59.4 Å². The molecule has 7 aliphatic rings. The van der Waals surface area contributed by atoms with E-state index in [1.807, 2.05) is 91.0 Å². The minimum Gasteiger partial charge on any atom is -0.497 e. The second-order valence-electron chi connectivity index (χ2n) is 27.0. The number of methoxy groups -OCH3 is 2. The Morgan fingerprint density at radius 3 is 1.93 bits per heavy atom. The summed E-state index contributed by atoms with van der Waals surface area (Å²) < 4.78 is 82.6. The third-order valence-corrected chi connectivity index (χ3v) is 24.6. The van der Waals surface area contributed by atoms with E-state index >= 15 is 8.42 Å². The summed E-state index contributed by atoms with van der Waals surface area (Å²) in [5.41, 5.74) is 7.95. The lowest BCUT2D eigenvalue weighted by atomic mass is 9.70. The van der Waals surface area contributed by atoms with E-state index in [9.17, 15) is 19.6 Å². The van der Waals surface area contributed by atoms with Gasteiger partial charge in [-0.2, -0.15) is 9.57 Å². The molecule has 1 saturated heterocycles. The van der Waals surface area contributed by atoms with Crippen LogP contribution in [0.4, 0.5) is 11.4 Å². The van der Waals surface area contributed by atoms with Crippen molar-refractivity contribution in [2.75, 3.05) is 76.5 Å². The molecule has 1 fully saturated rings. The lowest BCUT2D eigenvalue weighted by Gasteiger charge is -2.48. The van der Waals surface area contributed by atoms with E-state index in [0.29, 0.717) is 17.1 Å². The van der Waals surface area contributed by atoms with Crippen LogP contribution in [0.15, 0.2) is 136 Å². The average Bonchev–Trinajstić information content (AvgIpc) is 1.56. The quantitative estimate of drug-likeness (QED) is 0.0279. The van der Waals surface area contributed by atoms with Gasteiger partial charge in [-0.1, -0.05) is 84.6 Å². The van der Waals surface area contributed by atoms with Crippen LogP contribution >= 0.6 is 8.53 Å². The first kappa shape index (κ1) is 67.8. The summed E-state index contributed by atoms with van der Waals surface area (Å²) in [6.07, 6.45) is 6.32. The molecular formula is C77H85N8O12PS. The standard InChI is InChI=1S/C77H85N8O12PS/c1-50(2)85(51(3)4)98(94-44-18-37-78)97-65-47-69(95-66(65)49-93-77(55-22-8-7-9-23-55,56-29-33-58(91-5)34-30-56)57-31-35-59(92-6)36-32-57)83-48-54(74(87)80-75(83)88)19-10-13-28-68(86)79-38-43-84-76(62-26-11-12-27-67(62)99(84,89)90)63-45-52-20-14-39-81-41-16-24-60(70(52)81)72(63)96-73-61-25-17-42-82-40-15-21-53(71(61)82)46-64(73)76/h7-9,11-12,22-23,26-27,29-36,45-46,48,50-51,65-66,69H,13-18,20-21,24-25,28,38-44,47,49H2,1-6H3,(H,79,86)(H,80,87,88)/t65-,66?,69-,98?/m1/s1. The summed E-state index contributed by atoms with van der Waals surface area (Å²) in [6, 6.07) is 39.3. The first-order chi connectivity index (χ1) is 48.1. The van der Waals surface area contributed by atoms with Gasteiger partial charge in [0.15, 0.2) is 0 Å². The summed E-state index contributed by atoms with van der Waals surface area (Å²) in [4.78, 5) is 49.6. The van der Waals surface area contributed by atoms with Gasteiger partial charge in [-0.25, -0.2) is 17.9 Å². The number of hydrogen-bond donors (Lipinski definition) is 2. The molecule has 6 aromatic carbocycles. The largest absolute Gasteiger partial charge is 0.497 e. The lowest BCUT2D eigenvalue weighted by Crippen LogP contribution is -2.50. The van der Waals surface area contributed by atoms with Gasteiger partial charge < -0.3 is 47.8 Å². The van der Waals surface area contributed by atoms with Crippen molar-refractivity contribution in [3.8, 4) is 40.9 Å². The lowest BCUT2D eigenvalue weighted by molar-refractivity contribution is -0.121. The van der Waals surface area contributed by atoms with Crippen LogP contribution in [0.2, 0.25) is 0 Å². The van der Waals surface area contributed by atoms with Gasteiger partial charge in [0.2, 0.25) is 15.9 Å². The second kappa shape index (κ2) is 28.4. The number of anilines is 2. The highest BCUT2D eigenvalue weighted by Crippen LogP contribution is 2.64. The van der Waals surface area contributed by atoms with Gasteiger partial charge in [0.05, 0.1) is 50.9 Å². The molecule has 0 saturated carbocycles. The van der Waals surface area contributed by atoms with Gasteiger partial charge in [0, 0.05) is 116 Å². The van der Waals surface area contributed by atoms with Gasteiger partial charge in [0.1, 0.15) is 52.0 Å². The van der Waals surface area contributed by atoms with Crippen LogP contribution in [0.1, 0.15) is 146 Å². The van der Waals surface area contributed by atoms with Crippen molar-refractivity contribution in [3.05, 3.63) is 203 Å². The monoisotopic (exact) mass is 1380 g/mol. The van der Waals surface area contributed by atoms with E-state index in [4.69, 9.17) is 32.7 Å².